The lowest BCUT2D eigenvalue weighted by atomic mass is 9.73. The van der Waals surface area contributed by atoms with Crippen LogP contribution >= 0.6 is 11.6 Å². The van der Waals surface area contributed by atoms with Gasteiger partial charge < -0.3 is 29.7 Å². The topological polar surface area (TPSA) is 106 Å². The number of hydrogen-bond donors (Lipinski definition) is 2. The van der Waals surface area contributed by atoms with Crippen molar-refractivity contribution in [3.8, 4) is 11.5 Å². The summed E-state index contributed by atoms with van der Waals surface area (Å²) in [4.78, 5) is 43.8. The van der Waals surface area contributed by atoms with Crippen LogP contribution in [0.5, 0.6) is 11.5 Å². The summed E-state index contributed by atoms with van der Waals surface area (Å²) in [6.07, 6.45) is 6.12. The Kier molecular flexibility index (Phi) is 6.70. The van der Waals surface area contributed by atoms with E-state index < -0.39 is 29.6 Å². The van der Waals surface area contributed by atoms with Gasteiger partial charge in [0.2, 0.25) is 24.5 Å². The van der Waals surface area contributed by atoms with Crippen molar-refractivity contribution in [2.24, 2.45) is 23.7 Å². The van der Waals surface area contributed by atoms with Crippen molar-refractivity contribution in [1.29, 1.82) is 0 Å². The predicted molar refractivity (Wildman–Crippen MR) is 155 cm³/mol. The lowest BCUT2D eigenvalue weighted by Gasteiger charge is -2.38. The smallest absolute Gasteiger partial charge is 0.246 e. The van der Waals surface area contributed by atoms with Crippen LogP contribution in [0.1, 0.15) is 38.7 Å². The van der Waals surface area contributed by atoms with Crippen molar-refractivity contribution < 1.29 is 28.6 Å². The Morgan fingerprint density at radius 1 is 1.05 bits per heavy atom. The van der Waals surface area contributed by atoms with Gasteiger partial charge in [-0.25, -0.2) is 0 Å². The zero-order valence-electron chi connectivity index (χ0n) is 23.5. The van der Waals surface area contributed by atoms with Gasteiger partial charge in [0.1, 0.15) is 11.6 Å². The standard InChI is InChI=1S/C32H34ClN3O6/c1-17-4-3-5-22(18(17)2)35-30(38)28-32-13-12-24(42-32)26(29(37)34-21-9-7-20(33)8-10-21)27(32)31(39)36(28)15-19-6-11-23-25(14-19)41-16-40-23/h6-14,17-18,22,24,26-28H,3-5,15-16H2,1-2H3,(H,34,37)(H,35,38)/t17-,18-,22+,24+,26+,27+,28+,32+/m1/s1. The number of rotatable bonds is 6. The average Bonchev–Trinajstić information content (AvgIpc) is 3.73. The molecule has 8 atom stereocenters. The summed E-state index contributed by atoms with van der Waals surface area (Å²) in [7, 11) is 0. The fourth-order valence-corrected chi connectivity index (χ4v) is 7.61. The first-order chi connectivity index (χ1) is 20.2. The SMILES string of the molecule is C[C@@H]1[C@H](C)CCC[C@@H]1NC(=O)[C@@H]1N(Cc2ccc3c(c2)OCO3)C(=O)[C@@H]2[C@@H](C(=O)Nc3ccc(Cl)cc3)[C@@H]3C=C[C@]21O3. The number of nitrogens with one attached hydrogen (secondary N) is 2. The van der Waals surface area contributed by atoms with E-state index in [0.717, 1.165) is 24.8 Å². The van der Waals surface area contributed by atoms with Gasteiger partial charge in [0.05, 0.1) is 17.9 Å². The van der Waals surface area contributed by atoms with Crippen molar-refractivity contribution in [3.05, 3.63) is 65.2 Å². The molecule has 3 amide bonds. The van der Waals surface area contributed by atoms with E-state index in [1.807, 2.05) is 30.4 Å². The first kappa shape index (κ1) is 27.3. The average molecular weight is 592 g/mol. The van der Waals surface area contributed by atoms with Crippen molar-refractivity contribution in [2.45, 2.75) is 63.4 Å². The zero-order valence-corrected chi connectivity index (χ0v) is 24.3. The maximum absolute atomic E-state index is 14.3. The summed E-state index contributed by atoms with van der Waals surface area (Å²) in [5.41, 5.74) is 0.123. The van der Waals surface area contributed by atoms with E-state index in [2.05, 4.69) is 24.5 Å². The summed E-state index contributed by atoms with van der Waals surface area (Å²) >= 11 is 6.02. The molecule has 1 saturated carbocycles. The van der Waals surface area contributed by atoms with Crippen LogP contribution in [0, 0.1) is 23.7 Å². The number of fused-ring (bicyclic) bond motifs is 2. The molecule has 0 radical (unpaired) electrons. The zero-order chi connectivity index (χ0) is 29.2. The van der Waals surface area contributed by atoms with Gasteiger partial charge in [-0.2, -0.15) is 0 Å². The Labute approximate surface area is 249 Å². The van der Waals surface area contributed by atoms with Gasteiger partial charge in [0.15, 0.2) is 11.5 Å². The Bertz CT molecular complexity index is 1460. The molecule has 4 aliphatic heterocycles. The highest BCUT2D eigenvalue weighted by Crippen LogP contribution is 2.55. The van der Waals surface area contributed by atoms with Crippen molar-refractivity contribution >= 4 is 35.0 Å². The highest BCUT2D eigenvalue weighted by atomic mass is 35.5. The number of carbonyl (C=O) groups is 3. The number of anilines is 1. The van der Waals surface area contributed by atoms with Crippen LogP contribution in [-0.4, -0.2) is 53.2 Å². The first-order valence-electron chi connectivity index (χ1n) is 14.7. The van der Waals surface area contributed by atoms with Crippen LogP contribution in [0.4, 0.5) is 5.69 Å². The monoisotopic (exact) mass is 591 g/mol. The van der Waals surface area contributed by atoms with Gasteiger partial charge in [-0.1, -0.05) is 56.5 Å². The minimum Gasteiger partial charge on any atom is -0.454 e. The molecule has 4 heterocycles. The summed E-state index contributed by atoms with van der Waals surface area (Å²) < 4.78 is 17.5. The molecule has 2 aromatic carbocycles. The number of likely N-dealkylation sites (tertiary alicyclic amines) is 1. The van der Waals surface area contributed by atoms with Crippen molar-refractivity contribution in [1.82, 2.24) is 10.2 Å². The van der Waals surface area contributed by atoms with Crippen LogP contribution in [0.25, 0.3) is 0 Å². The highest BCUT2D eigenvalue weighted by Gasteiger charge is 2.72. The molecule has 1 aliphatic carbocycles. The minimum absolute atomic E-state index is 0.00535. The molecule has 2 saturated heterocycles. The van der Waals surface area contributed by atoms with E-state index >= 15 is 0 Å². The number of benzene rings is 2. The van der Waals surface area contributed by atoms with Gasteiger partial charge >= 0.3 is 0 Å². The second-order valence-electron chi connectivity index (χ2n) is 12.2. The third kappa shape index (κ3) is 4.36. The largest absolute Gasteiger partial charge is 0.454 e. The molecule has 220 valence electrons. The number of amides is 3. The minimum atomic E-state index is -1.24. The molecule has 42 heavy (non-hydrogen) atoms. The second-order valence-corrected chi connectivity index (χ2v) is 12.7. The molecule has 7 rings (SSSR count). The number of carbonyl (C=O) groups excluding carboxylic acids is 3. The first-order valence-corrected chi connectivity index (χ1v) is 15.1. The molecule has 0 aromatic heterocycles. The maximum atomic E-state index is 14.3. The quantitative estimate of drug-likeness (QED) is 0.485. The van der Waals surface area contributed by atoms with Gasteiger partial charge in [0.25, 0.3) is 0 Å². The van der Waals surface area contributed by atoms with E-state index in [4.69, 9.17) is 25.8 Å². The van der Waals surface area contributed by atoms with Crippen LogP contribution in [0.15, 0.2) is 54.6 Å². The highest BCUT2D eigenvalue weighted by molar-refractivity contribution is 6.30. The Balaban J connectivity index is 1.21. The van der Waals surface area contributed by atoms with E-state index in [1.54, 1.807) is 29.2 Å². The molecular weight excluding hydrogens is 558 g/mol. The summed E-state index contributed by atoms with van der Waals surface area (Å²) in [6, 6.07) is 11.4. The Morgan fingerprint density at radius 2 is 1.83 bits per heavy atom. The molecule has 2 N–H and O–H groups in total. The van der Waals surface area contributed by atoms with E-state index in [-0.39, 0.29) is 37.1 Å². The van der Waals surface area contributed by atoms with Crippen molar-refractivity contribution in [2.75, 3.05) is 12.1 Å². The molecule has 9 nitrogen and oxygen atoms in total. The van der Waals surface area contributed by atoms with Crippen LogP contribution in [0.3, 0.4) is 0 Å². The molecule has 1 spiro atoms. The Morgan fingerprint density at radius 3 is 2.64 bits per heavy atom. The van der Waals surface area contributed by atoms with Gasteiger partial charge in [-0.3, -0.25) is 14.4 Å². The molecule has 5 aliphatic rings. The molecule has 10 heteroatoms. The summed E-state index contributed by atoms with van der Waals surface area (Å²) in [6.45, 7) is 4.70. The third-order valence-electron chi connectivity index (χ3n) is 9.86. The van der Waals surface area contributed by atoms with E-state index in [9.17, 15) is 14.4 Å². The van der Waals surface area contributed by atoms with Gasteiger partial charge in [-0.05, 0) is 60.2 Å². The Hall–Kier alpha value is -3.56. The fourth-order valence-electron chi connectivity index (χ4n) is 7.48. The summed E-state index contributed by atoms with van der Waals surface area (Å²) in [5.74, 6) is -0.445. The molecule has 0 unspecified atom stereocenters. The maximum Gasteiger partial charge on any atom is 0.246 e. The lowest BCUT2D eigenvalue weighted by molar-refractivity contribution is -0.142. The molecular formula is C32H34ClN3O6. The number of nitrogens with zero attached hydrogens (tertiary/aromatic N) is 1. The number of hydrogen-bond acceptors (Lipinski definition) is 6. The third-order valence-corrected chi connectivity index (χ3v) is 10.1. The van der Waals surface area contributed by atoms with Crippen molar-refractivity contribution in [3.63, 3.8) is 0 Å². The van der Waals surface area contributed by atoms with Gasteiger partial charge in [-0.15, -0.1) is 0 Å². The predicted octanol–water partition coefficient (Wildman–Crippen LogP) is 4.30. The molecule has 3 fully saturated rings. The summed E-state index contributed by atoms with van der Waals surface area (Å²) in [5, 5.41) is 6.77. The van der Waals surface area contributed by atoms with E-state index in [1.165, 1.54) is 0 Å². The van der Waals surface area contributed by atoms with Crippen LogP contribution in [0.2, 0.25) is 5.02 Å². The normalized spacial score (nSPS) is 34.0. The lowest BCUT2D eigenvalue weighted by Crippen LogP contribution is -2.57. The van der Waals surface area contributed by atoms with Gasteiger partial charge in [0, 0.05) is 23.3 Å². The molecule has 2 bridgehead atoms. The fraction of sp³-hybridized carbons (Fsp3) is 0.469. The number of ether oxygens (including phenoxy) is 3. The molecule has 2 aromatic rings. The van der Waals surface area contributed by atoms with E-state index in [0.29, 0.717) is 34.0 Å². The van der Waals surface area contributed by atoms with Crippen LogP contribution in [-0.2, 0) is 25.7 Å². The number of halogens is 1. The van der Waals surface area contributed by atoms with Crippen LogP contribution < -0.4 is 20.1 Å². The second kappa shape index (κ2) is 10.3.